The number of piperidine rings is 1. The average molecular weight is 411 g/mol. The van der Waals surface area contributed by atoms with Crippen LogP contribution in [0.2, 0.25) is 0 Å². The number of ether oxygens (including phenoxy) is 2. The van der Waals surface area contributed by atoms with Gasteiger partial charge in [0.2, 0.25) is 5.95 Å². The molecule has 5 rings (SSSR count). The molecule has 0 N–H and O–H groups in total. The van der Waals surface area contributed by atoms with Gasteiger partial charge in [-0.2, -0.15) is 0 Å². The summed E-state index contributed by atoms with van der Waals surface area (Å²) in [6, 6.07) is 5.88. The Labute approximate surface area is 177 Å². The predicted octanol–water partition coefficient (Wildman–Crippen LogP) is 2.75. The minimum absolute atomic E-state index is 0.0850. The van der Waals surface area contributed by atoms with Crippen molar-refractivity contribution in [3.05, 3.63) is 35.4 Å². The van der Waals surface area contributed by atoms with Crippen LogP contribution in [-0.4, -0.2) is 72.0 Å². The molecule has 0 atom stereocenters. The van der Waals surface area contributed by atoms with E-state index in [0.717, 1.165) is 82.2 Å². The average Bonchev–Trinajstić information content (AvgIpc) is 3.10. The van der Waals surface area contributed by atoms with Gasteiger partial charge in [0.25, 0.3) is 5.91 Å². The molecule has 30 heavy (non-hydrogen) atoms. The van der Waals surface area contributed by atoms with E-state index in [4.69, 9.17) is 14.5 Å². The highest BCUT2D eigenvalue weighted by Crippen LogP contribution is 2.33. The molecule has 1 spiro atoms. The molecule has 0 aliphatic carbocycles. The minimum Gasteiger partial charge on any atom is -0.378 e. The van der Waals surface area contributed by atoms with Gasteiger partial charge in [-0.05, 0) is 44.4 Å². The molecular formula is C23H30N4O3. The number of aryl methyl sites for hydroxylation is 1. The van der Waals surface area contributed by atoms with Gasteiger partial charge in [0, 0.05) is 38.8 Å². The number of amides is 1. The van der Waals surface area contributed by atoms with E-state index in [9.17, 15) is 4.79 Å². The smallest absolute Gasteiger partial charge is 0.253 e. The van der Waals surface area contributed by atoms with Crippen molar-refractivity contribution < 1.29 is 14.3 Å². The van der Waals surface area contributed by atoms with Crippen LogP contribution in [0, 0.1) is 0 Å². The topological polar surface area (TPSA) is 59.8 Å². The Morgan fingerprint density at radius 3 is 2.60 bits per heavy atom. The fourth-order valence-corrected chi connectivity index (χ4v) is 4.90. The molecule has 0 radical (unpaired) electrons. The van der Waals surface area contributed by atoms with Crippen molar-refractivity contribution in [3.63, 3.8) is 0 Å². The van der Waals surface area contributed by atoms with Crippen LogP contribution in [0.3, 0.4) is 0 Å². The van der Waals surface area contributed by atoms with Crippen molar-refractivity contribution in [2.45, 2.75) is 31.8 Å². The molecule has 0 bridgehead atoms. The van der Waals surface area contributed by atoms with E-state index in [1.165, 1.54) is 5.57 Å². The van der Waals surface area contributed by atoms with Crippen molar-refractivity contribution in [2.75, 3.05) is 50.9 Å². The second kappa shape index (κ2) is 7.71. The van der Waals surface area contributed by atoms with Crippen LogP contribution in [-0.2, 0) is 16.5 Å². The Bertz CT molecular complexity index is 982. The molecule has 0 unspecified atom stereocenters. The van der Waals surface area contributed by atoms with Gasteiger partial charge in [0.05, 0.1) is 36.5 Å². The summed E-state index contributed by atoms with van der Waals surface area (Å²) in [7, 11) is 2.03. The van der Waals surface area contributed by atoms with Crippen molar-refractivity contribution in [3.8, 4) is 0 Å². The summed E-state index contributed by atoms with van der Waals surface area (Å²) in [4.78, 5) is 22.2. The van der Waals surface area contributed by atoms with Gasteiger partial charge in [-0.15, -0.1) is 0 Å². The molecule has 2 fully saturated rings. The third kappa shape index (κ3) is 3.50. The van der Waals surface area contributed by atoms with E-state index in [1.807, 2.05) is 30.1 Å². The van der Waals surface area contributed by atoms with Crippen molar-refractivity contribution >= 4 is 22.9 Å². The maximum atomic E-state index is 13.2. The summed E-state index contributed by atoms with van der Waals surface area (Å²) < 4.78 is 13.7. The van der Waals surface area contributed by atoms with E-state index in [0.29, 0.717) is 5.56 Å². The first-order valence-electron chi connectivity index (χ1n) is 11.0. The van der Waals surface area contributed by atoms with Gasteiger partial charge in [0.1, 0.15) is 0 Å². The summed E-state index contributed by atoms with van der Waals surface area (Å²) in [5.74, 6) is 1.02. The summed E-state index contributed by atoms with van der Waals surface area (Å²) in [5, 5.41) is 0. The third-order valence-electron chi connectivity index (χ3n) is 6.69. The quantitative estimate of drug-likeness (QED) is 0.713. The number of rotatable bonds is 2. The monoisotopic (exact) mass is 410 g/mol. The lowest BCUT2D eigenvalue weighted by molar-refractivity contribution is -0.0522. The number of anilines is 1. The highest BCUT2D eigenvalue weighted by atomic mass is 16.5. The molecule has 3 aliphatic heterocycles. The van der Waals surface area contributed by atoms with Crippen LogP contribution in [0.25, 0.3) is 11.0 Å². The number of carbonyl (C=O) groups is 1. The van der Waals surface area contributed by atoms with E-state index >= 15 is 0 Å². The summed E-state index contributed by atoms with van der Waals surface area (Å²) in [6.45, 7) is 7.55. The maximum Gasteiger partial charge on any atom is 0.253 e. The molecule has 7 nitrogen and oxygen atoms in total. The molecule has 2 saturated heterocycles. The highest BCUT2D eigenvalue weighted by Gasteiger charge is 2.37. The van der Waals surface area contributed by atoms with Crippen molar-refractivity contribution in [2.24, 2.45) is 7.05 Å². The molecule has 7 heteroatoms. The second-order valence-corrected chi connectivity index (χ2v) is 8.72. The molecule has 2 aromatic rings. The largest absolute Gasteiger partial charge is 0.378 e. The van der Waals surface area contributed by atoms with Gasteiger partial charge in [-0.1, -0.05) is 11.6 Å². The maximum absolute atomic E-state index is 13.2. The Balaban J connectivity index is 1.33. The molecular weight excluding hydrogens is 380 g/mol. The fourth-order valence-electron chi connectivity index (χ4n) is 4.90. The number of imidazole rings is 1. The Hall–Kier alpha value is -2.38. The first-order chi connectivity index (χ1) is 14.5. The van der Waals surface area contributed by atoms with Gasteiger partial charge in [-0.25, -0.2) is 4.98 Å². The standard InChI is InChI=1S/C23H30N4O3/c1-17-5-12-30-23(16-17)6-8-26(9-7-23)21(28)18-3-4-20-19(15-18)24-22(25(20)2)27-10-13-29-14-11-27/h3-4,15-16H,5-14H2,1-2H3. The van der Waals surface area contributed by atoms with E-state index in [-0.39, 0.29) is 11.5 Å². The molecule has 4 heterocycles. The molecule has 1 aromatic heterocycles. The van der Waals surface area contributed by atoms with Gasteiger partial charge >= 0.3 is 0 Å². The zero-order valence-electron chi connectivity index (χ0n) is 17.9. The summed E-state index contributed by atoms with van der Waals surface area (Å²) in [5.41, 5.74) is 3.85. The molecule has 160 valence electrons. The lowest BCUT2D eigenvalue weighted by atomic mass is 9.87. The summed E-state index contributed by atoms with van der Waals surface area (Å²) >= 11 is 0. The number of morpholine rings is 1. The van der Waals surface area contributed by atoms with Crippen LogP contribution in [0.4, 0.5) is 5.95 Å². The van der Waals surface area contributed by atoms with E-state index < -0.39 is 0 Å². The molecule has 0 saturated carbocycles. The molecule has 3 aliphatic rings. The third-order valence-corrected chi connectivity index (χ3v) is 6.69. The van der Waals surface area contributed by atoms with Crippen LogP contribution in [0.1, 0.15) is 36.5 Å². The van der Waals surface area contributed by atoms with Crippen LogP contribution in [0.5, 0.6) is 0 Å². The van der Waals surface area contributed by atoms with E-state index in [1.54, 1.807) is 0 Å². The molecule has 1 aromatic carbocycles. The zero-order valence-corrected chi connectivity index (χ0v) is 17.9. The number of fused-ring (bicyclic) bond motifs is 1. The minimum atomic E-state index is -0.170. The highest BCUT2D eigenvalue weighted by molar-refractivity contribution is 5.97. The number of aromatic nitrogens is 2. The van der Waals surface area contributed by atoms with Gasteiger partial charge in [0.15, 0.2) is 0 Å². The van der Waals surface area contributed by atoms with E-state index in [2.05, 4.69) is 22.5 Å². The number of hydrogen-bond acceptors (Lipinski definition) is 5. The number of likely N-dealkylation sites (tertiary alicyclic amines) is 1. The first-order valence-corrected chi connectivity index (χ1v) is 11.0. The normalized spacial score (nSPS) is 21.9. The van der Waals surface area contributed by atoms with Crippen LogP contribution in [0.15, 0.2) is 29.8 Å². The summed E-state index contributed by atoms with van der Waals surface area (Å²) in [6.07, 6.45) is 5.03. The van der Waals surface area contributed by atoms with Crippen molar-refractivity contribution in [1.82, 2.24) is 14.5 Å². The second-order valence-electron chi connectivity index (χ2n) is 8.72. The Kier molecular flexibility index (Phi) is 5.03. The lowest BCUT2D eigenvalue weighted by Crippen LogP contribution is -2.48. The van der Waals surface area contributed by atoms with Gasteiger partial charge in [-0.3, -0.25) is 4.79 Å². The number of hydrogen-bond donors (Lipinski definition) is 0. The van der Waals surface area contributed by atoms with Crippen molar-refractivity contribution in [1.29, 1.82) is 0 Å². The molecule has 1 amide bonds. The van der Waals surface area contributed by atoms with Crippen LogP contribution >= 0.6 is 0 Å². The SMILES string of the molecule is CC1=CC2(CCN(C(=O)c3ccc4c(c3)nc(N3CCOCC3)n4C)CC2)OCC1. The predicted molar refractivity (Wildman–Crippen MR) is 116 cm³/mol. The lowest BCUT2D eigenvalue weighted by Gasteiger charge is -2.42. The first kappa shape index (κ1) is 19.6. The fraction of sp³-hybridized carbons (Fsp3) is 0.565. The van der Waals surface area contributed by atoms with Crippen LogP contribution < -0.4 is 4.90 Å². The number of carbonyl (C=O) groups excluding carboxylic acids is 1. The number of benzene rings is 1. The van der Waals surface area contributed by atoms with Gasteiger partial charge < -0.3 is 23.8 Å². The Morgan fingerprint density at radius 2 is 1.87 bits per heavy atom. The zero-order chi connectivity index (χ0) is 20.7. The Morgan fingerprint density at radius 1 is 1.10 bits per heavy atom. The number of nitrogens with zero attached hydrogens (tertiary/aromatic N) is 4.